The second-order valence-electron chi connectivity index (χ2n) is 12.7. The summed E-state index contributed by atoms with van der Waals surface area (Å²) in [6, 6.07) is 75.3. The summed E-state index contributed by atoms with van der Waals surface area (Å²) in [6.07, 6.45) is 0. The fourth-order valence-corrected chi connectivity index (χ4v) is 7.45. The SMILES string of the molecule is CC.Cc1cccc(N(c2ccc(-c3ccccc3)cc2)c2ccccc2-c2ccccc2)c1-c1ccccc1Sc1ccccc1.Cc1ccccc1. The molecule has 1 nitrogen and oxygen atoms in total. The van der Waals surface area contributed by atoms with Gasteiger partial charge in [-0.25, -0.2) is 0 Å². The Hall–Kier alpha value is -6.09. The molecule has 0 spiro atoms. The zero-order valence-electron chi connectivity index (χ0n) is 31.6. The maximum absolute atomic E-state index is 2.43. The molecule has 0 saturated carbocycles. The van der Waals surface area contributed by atoms with Crippen molar-refractivity contribution in [1.29, 1.82) is 0 Å². The predicted octanol–water partition coefficient (Wildman–Crippen LogP) is 15.6. The molecule has 0 saturated heterocycles. The minimum Gasteiger partial charge on any atom is -0.309 e. The van der Waals surface area contributed by atoms with Gasteiger partial charge in [0, 0.05) is 26.6 Å². The quantitative estimate of drug-likeness (QED) is 0.154. The van der Waals surface area contributed by atoms with E-state index in [9.17, 15) is 0 Å². The third-order valence-corrected chi connectivity index (χ3v) is 10.1. The molecule has 266 valence electrons. The third kappa shape index (κ3) is 9.28. The van der Waals surface area contributed by atoms with Gasteiger partial charge in [-0.05, 0) is 84.1 Å². The molecule has 0 radical (unpaired) electrons. The molecular formula is C52H47NS. The Labute approximate surface area is 326 Å². The second-order valence-corrected chi connectivity index (χ2v) is 13.8. The molecule has 0 N–H and O–H groups in total. The lowest BCUT2D eigenvalue weighted by Gasteiger charge is -2.31. The van der Waals surface area contributed by atoms with Gasteiger partial charge in [-0.1, -0.05) is 201 Å². The molecule has 8 aromatic rings. The van der Waals surface area contributed by atoms with Gasteiger partial charge in [0.15, 0.2) is 0 Å². The number of hydrogen-bond donors (Lipinski definition) is 0. The van der Waals surface area contributed by atoms with Gasteiger partial charge in [0.2, 0.25) is 0 Å². The van der Waals surface area contributed by atoms with Crippen molar-refractivity contribution in [3.63, 3.8) is 0 Å². The van der Waals surface area contributed by atoms with E-state index in [1.807, 2.05) is 43.8 Å². The summed E-state index contributed by atoms with van der Waals surface area (Å²) in [4.78, 5) is 4.89. The van der Waals surface area contributed by atoms with Gasteiger partial charge in [0.25, 0.3) is 0 Å². The predicted molar refractivity (Wildman–Crippen MR) is 235 cm³/mol. The van der Waals surface area contributed by atoms with Crippen LogP contribution in [-0.2, 0) is 0 Å². The van der Waals surface area contributed by atoms with Crippen LogP contribution < -0.4 is 4.90 Å². The molecule has 0 bridgehead atoms. The summed E-state index contributed by atoms with van der Waals surface area (Å²) in [5.41, 5.74) is 13.2. The standard InChI is InChI=1S/C43H33NS.C7H8.C2H6/c1-32-16-15-26-41(43(32)39-24-12-14-27-42(39)45-37-21-9-4-10-22-37)44(36-30-28-34(29-31-36)33-17-5-2-6-18-33)40-25-13-11-23-38(40)35-19-7-3-8-20-35;1-7-5-3-2-4-6-7;1-2/h2-31H,1H3;2-6H,1H3;1-2H3. The maximum Gasteiger partial charge on any atom is 0.0543 e. The Balaban J connectivity index is 0.000000492. The summed E-state index contributed by atoms with van der Waals surface area (Å²) in [5, 5.41) is 0. The Morgan fingerprint density at radius 3 is 1.46 bits per heavy atom. The van der Waals surface area contributed by atoms with Crippen molar-refractivity contribution in [2.75, 3.05) is 4.90 Å². The molecule has 0 atom stereocenters. The normalized spacial score (nSPS) is 10.3. The van der Waals surface area contributed by atoms with E-state index in [1.165, 1.54) is 54.3 Å². The summed E-state index contributed by atoms with van der Waals surface area (Å²) in [7, 11) is 0. The van der Waals surface area contributed by atoms with Crippen LogP contribution in [0.1, 0.15) is 25.0 Å². The van der Waals surface area contributed by atoms with Crippen LogP contribution in [0.2, 0.25) is 0 Å². The van der Waals surface area contributed by atoms with Crippen LogP contribution >= 0.6 is 11.8 Å². The molecule has 2 heteroatoms. The third-order valence-electron chi connectivity index (χ3n) is 9.02. The number of para-hydroxylation sites is 1. The van der Waals surface area contributed by atoms with Crippen LogP contribution in [0, 0.1) is 13.8 Å². The Kier molecular flexibility index (Phi) is 13.3. The van der Waals surface area contributed by atoms with Gasteiger partial charge < -0.3 is 4.90 Å². The molecule has 0 aromatic heterocycles. The number of benzene rings is 8. The topological polar surface area (TPSA) is 3.24 Å². The highest BCUT2D eigenvalue weighted by molar-refractivity contribution is 7.99. The highest BCUT2D eigenvalue weighted by atomic mass is 32.2. The van der Waals surface area contributed by atoms with Crippen molar-refractivity contribution in [3.8, 4) is 33.4 Å². The largest absolute Gasteiger partial charge is 0.309 e. The molecular weight excluding hydrogens is 671 g/mol. The Morgan fingerprint density at radius 2 is 0.852 bits per heavy atom. The second kappa shape index (κ2) is 19.1. The number of aryl methyl sites for hydroxylation is 2. The fraction of sp³-hybridized carbons (Fsp3) is 0.0769. The lowest BCUT2D eigenvalue weighted by molar-refractivity contribution is 1.26. The van der Waals surface area contributed by atoms with Crippen molar-refractivity contribution >= 4 is 28.8 Å². The van der Waals surface area contributed by atoms with E-state index in [0.29, 0.717) is 0 Å². The van der Waals surface area contributed by atoms with Crippen LogP contribution in [0.3, 0.4) is 0 Å². The molecule has 8 aromatic carbocycles. The first-order chi connectivity index (χ1) is 26.7. The number of hydrogen-bond acceptors (Lipinski definition) is 2. The van der Waals surface area contributed by atoms with Crippen molar-refractivity contribution in [1.82, 2.24) is 0 Å². The van der Waals surface area contributed by atoms with Crippen molar-refractivity contribution in [2.24, 2.45) is 0 Å². The first-order valence-corrected chi connectivity index (χ1v) is 19.5. The molecule has 0 amide bonds. The molecule has 8 rings (SSSR count). The number of anilines is 3. The smallest absolute Gasteiger partial charge is 0.0543 e. The van der Waals surface area contributed by atoms with Crippen LogP contribution in [0.25, 0.3) is 33.4 Å². The monoisotopic (exact) mass is 717 g/mol. The van der Waals surface area contributed by atoms with E-state index in [4.69, 9.17) is 0 Å². The zero-order valence-corrected chi connectivity index (χ0v) is 32.4. The van der Waals surface area contributed by atoms with E-state index >= 15 is 0 Å². The molecule has 0 heterocycles. The highest BCUT2D eigenvalue weighted by Gasteiger charge is 2.22. The Morgan fingerprint density at radius 1 is 0.370 bits per heavy atom. The van der Waals surface area contributed by atoms with Crippen LogP contribution in [-0.4, -0.2) is 0 Å². The summed E-state index contributed by atoms with van der Waals surface area (Å²) >= 11 is 1.81. The Bertz CT molecular complexity index is 2320. The maximum atomic E-state index is 2.43. The molecule has 54 heavy (non-hydrogen) atoms. The van der Waals surface area contributed by atoms with Gasteiger partial charge in [-0.2, -0.15) is 0 Å². The number of nitrogens with zero attached hydrogens (tertiary/aromatic N) is 1. The first-order valence-electron chi connectivity index (χ1n) is 18.7. The van der Waals surface area contributed by atoms with Crippen LogP contribution in [0.4, 0.5) is 17.1 Å². The van der Waals surface area contributed by atoms with Gasteiger partial charge in [-0.3, -0.25) is 0 Å². The minimum atomic E-state index is 1.11. The fourth-order valence-electron chi connectivity index (χ4n) is 6.47. The lowest BCUT2D eigenvalue weighted by Crippen LogP contribution is -2.13. The zero-order chi connectivity index (χ0) is 37.5. The van der Waals surface area contributed by atoms with E-state index in [0.717, 1.165) is 17.1 Å². The van der Waals surface area contributed by atoms with E-state index < -0.39 is 0 Å². The van der Waals surface area contributed by atoms with Crippen molar-refractivity contribution < 1.29 is 0 Å². The average Bonchev–Trinajstić information content (AvgIpc) is 3.24. The van der Waals surface area contributed by atoms with Crippen molar-refractivity contribution in [2.45, 2.75) is 37.5 Å². The van der Waals surface area contributed by atoms with Crippen LogP contribution in [0.5, 0.6) is 0 Å². The van der Waals surface area contributed by atoms with E-state index in [-0.39, 0.29) is 0 Å². The molecule has 0 aliphatic heterocycles. The minimum absolute atomic E-state index is 1.11. The van der Waals surface area contributed by atoms with Crippen molar-refractivity contribution in [3.05, 3.63) is 223 Å². The molecule has 0 aliphatic carbocycles. The van der Waals surface area contributed by atoms with E-state index in [2.05, 4.69) is 213 Å². The van der Waals surface area contributed by atoms with Gasteiger partial charge in [0.1, 0.15) is 0 Å². The number of rotatable bonds is 8. The van der Waals surface area contributed by atoms with Gasteiger partial charge in [-0.15, -0.1) is 0 Å². The molecule has 0 unspecified atom stereocenters. The molecule has 0 aliphatic rings. The summed E-state index contributed by atoms with van der Waals surface area (Å²) in [5.74, 6) is 0. The lowest BCUT2D eigenvalue weighted by atomic mass is 9.95. The van der Waals surface area contributed by atoms with Crippen LogP contribution in [0.15, 0.2) is 222 Å². The highest BCUT2D eigenvalue weighted by Crippen LogP contribution is 2.48. The van der Waals surface area contributed by atoms with E-state index in [1.54, 1.807) is 0 Å². The first kappa shape index (κ1) is 37.7. The average molecular weight is 718 g/mol. The summed E-state index contributed by atoms with van der Waals surface area (Å²) < 4.78 is 0. The molecule has 0 fully saturated rings. The van der Waals surface area contributed by atoms with Gasteiger partial charge >= 0.3 is 0 Å². The summed E-state index contributed by atoms with van der Waals surface area (Å²) in [6.45, 7) is 8.31. The van der Waals surface area contributed by atoms with Gasteiger partial charge in [0.05, 0.1) is 11.4 Å².